The van der Waals surface area contributed by atoms with E-state index in [4.69, 9.17) is 22.1 Å². The molecule has 0 atom stereocenters. The second kappa shape index (κ2) is 5.39. The lowest BCUT2D eigenvalue weighted by Crippen LogP contribution is -2.11. The smallest absolute Gasteiger partial charge is 0.142 e. The molecular formula is C14H17ClN2OS. The zero-order valence-electron chi connectivity index (χ0n) is 11.2. The number of anilines is 1. The molecule has 1 aromatic carbocycles. The van der Waals surface area contributed by atoms with E-state index in [1.165, 1.54) is 0 Å². The minimum Gasteiger partial charge on any atom is -0.484 e. The Balaban J connectivity index is 2.04. The third-order valence-corrected chi connectivity index (χ3v) is 3.70. The molecule has 3 nitrogen and oxygen atoms in total. The van der Waals surface area contributed by atoms with Crippen LogP contribution in [0.3, 0.4) is 0 Å². The molecule has 102 valence electrons. The Hall–Kier alpha value is -1.26. The summed E-state index contributed by atoms with van der Waals surface area (Å²) in [5.74, 6) is 0.636. The summed E-state index contributed by atoms with van der Waals surface area (Å²) in [7, 11) is 0. The molecule has 5 heteroatoms. The van der Waals surface area contributed by atoms with E-state index in [0.717, 1.165) is 10.7 Å². The molecule has 0 fully saturated rings. The molecule has 0 radical (unpaired) electrons. The maximum Gasteiger partial charge on any atom is 0.142 e. The Bertz CT molecular complexity index is 575. The number of nitrogens with zero attached hydrogens (tertiary/aromatic N) is 1. The standard InChI is InChI=1S/C14H17ClN2OS/c1-14(2,3)12-8-19-13(17-12)7-18-11-5-4-9(15)6-10(11)16/h4-6,8H,7,16H2,1-3H3. The summed E-state index contributed by atoms with van der Waals surface area (Å²) in [6.07, 6.45) is 0. The number of hydrogen-bond acceptors (Lipinski definition) is 4. The number of rotatable bonds is 3. The molecule has 19 heavy (non-hydrogen) atoms. The minimum atomic E-state index is 0.0635. The van der Waals surface area contributed by atoms with Gasteiger partial charge in [0.25, 0.3) is 0 Å². The Kier molecular flexibility index (Phi) is 4.02. The molecule has 1 aromatic heterocycles. The summed E-state index contributed by atoms with van der Waals surface area (Å²) in [6.45, 7) is 6.85. The molecule has 0 aliphatic carbocycles. The van der Waals surface area contributed by atoms with Crippen LogP contribution in [0.15, 0.2) is 23.6 Å². The van der Waals surface area contributed by atoms with Gasteiger partial charge in [0, 0.05) is 15.8 Å². The summed E-state index contributed by atoms with van der Waals surface area (Å²) in [4.78, 5) is 4.57. The maximum atomic E-state index is 5.84. The zero-order chi connectivity index (χ0) is 14.0. The highest BCUT2D eigenvalue weighted by molar-refractivity contribution is 7.09. The molecule has 1 heterocycles. The van der Waals surface area contributed by atoms with Crippen molar-refractivity contribution in [3.05, 3.63) is 39.3 Å². The van der Waals surface area contributed by atoms with Crippen molar-refractivity contribution < 1.29 is 4.74 Å². The number of ether oxygens (including phenoxy) is 1. The van der Waals surface area contributed by atoms with Crippen LogP contribution in [0.4, 0.5) is 5.69 Å². The predicted molar refractivity (Wildman–Crippen MR) is 81.0 cm³/mol. The van der Waals surface area contributed by atoms with Crippen LogP contribution < -0.4 is 10.5 Å². The topological polar surface area (TPSA) is 48.1 Å². The van der Waals surface area contributed by atoms with Gasteiger partial charge in [-0.15, -0.1) is 11.3 Å². The van der Waals surface area contributed by atoms with Crippen molar-refractivity contribution in [1.29, 1.82) is 0 Å². The number of aromatic nitrogens is 1. The molecule has 0 spiro atoms. The first-order valence-corrected chi connectivity index (χ1v) is 7.25. The molecule has 0 unspecified atom stereocenters. The summed E-state index contributed by atoms with van der Waals surface area (Å²) in [6, 6.07) is 5.21. The SMILES string of the molecule is CC(C)(C)c1csc(COc2ccc(Cl)cc2N)n1. The molecule has 0 saturated heterocycles. The normalized spacial score (nSPS) is 11.6. The van der Waals surface area contributed by atoms with Gasteiger partial charge in [-0.05, 0) is 18.2 Å². The molecule has 2 N–H and O–H groups in total. The fourth-order valence-corrected chi connectivity index (χ4v) is 2.62. The number of benzene rings is 1. The first-order chi connectivity index (χ1) is 8.86. The highest BCUT2D eigenvalue weighted by atomic mass is 35.5. The van der Waals surface area contributed by atoms with Crippen molar-refractivity contribution in [2.75, 3.05) is 5.73 Å². The van der Waals surface area contributed by atoms with Crippen molar-refractivity contribution in [3.63, 3.8) is 0 Å². The quantitative estimate of drug-likeness (QED) is 0.861. The number of nitrogens with two attached hydrogens (primary N) is 1. The third kappa shape index (κ3) is 3.61. The highest BCUT2D eigenvalue weighted by Gasteiger charge is 2.17. The lowest BCUT2D eigenvalue weighted by Gasteiger charge is -2.14. The van der Waals surface area contributed by atoms with E-state index in [1.807, 2.05) is 0 Å². The van der Waals surface area contributed by atoms with E-state index in [1.54, 1.807) is 29.5 Å². The summed E-state index contributed by atoms with van der Waals surface area (Å²) < 4.78 is 5.67. The summed E-state index contributed by atoms with van der Waals surface area (Å²) >= 11 is 7.44. The largest absolute Gasteiger partial charge is 0.484 e. The third-order valence-electron chi connectivity index (χ3n) is 2.64. The van der Waals surface area contributed by atoms with Crippen molar-refractivity contribution >= 4 is 28.6 Å². The van der Waals surface area contributed by atoms with Gasteiger partial charge < -0.3 is 10.5 Å². The van der Waals surface area contributed by atoms with Crippen LogP contribution in [-0.2, 0) is 12.0 Å². The van der Waals surface area contributed by atoms with Gasteiger partial charge in [0.1, 0.15) is 17.4 Å². The Morgan fingerprint density at radius 2 is 2.11 bits per heavy atom. The van der Waals surface area contributed by atoms with Gasteiger partial charge in [0.05, 0.1) is 11.4 Å². The number of hydrogen-bond donors (Lipinski definition) is 1. The Labute approximate surface area is 122 Å². The second-order valence-corrected chi connectivity index (χ2v) is 6.73. The van der Waals surface area contributed by atoms with Crippen molar-refractivity contribution in [3.8, 4) is 5.75 Å². The van der Waals surface area contributed by atoms with Crippen LogP contribution in [0.25, 0.3) is 0 Å². The van der Waals surface area contributed by atoms with Gasteiger partial charge in [-0.1, -0.05) is 32.4 Å². The van der Waals surface area contributed by atoms with Crippen molar-refractivity contribution in [1.82, 2.24) is 4.98 Å². The fraction of sp³-hybridized carbons (Fsp3) is 0.357. The van der Waals surface area contributed by atoms with Crippen LogP contribution >= 0.6 is 22.9 Å². The molecule has 2 rings (SSSR count). The number of halogens is 1. The monoisotopic (exact) mass is 296 g/mol. The predicted octanol–water partition coefficient (Wildman–Crippen LogP) is 4.26. The molecular weight excluding hydrogens is 280 g/mol. The second-order valence-electron chi connectivity index (χ2n) is 5.35. The van der Waals surface area contributed by atoms with Gasteiger partial charge in [-0.3, -0.25) is 0 Å². The first kappa shape index (κ1) is 14.2. The average Bonchev–Trinajstić information content (AvgIpc) is 2.76. The van der Waals surface area contributed by atoms with Crippen LogP contribution in [-0.4, -0.2) is 4.98 Å². The molecule has 0 aliphatic rings. The number of nitrogen functional groups attached to an aromatic ring is 1. The molecule has 0 saturated carbocycles. The molecule has 2 aromatic rings. The van der Waals surface area contributed by atoms with E-state index in [-0.39, 0.29) is 5.41 Å². The summed E-state index contributed by atoms with van der Waals surface area (Å²) in [5.41, 5.74) is 7.52. The van der Waals surface area contributed by atoms with Gasteiger partial charge in [0.15, 0.2) is 0 Å². The first-order valence-electron chi connectivity index (χ1n) is 5.99. The molecule has 0 bridgehead atoms. The van der Waals surface area contributed by atoms with Gasteiger partial charge in [0.2, 0.25) is 0 Å². The lowest BCUT2D eigenvalue weighted by molar-refractivity contribution is 0.306. The minimum absolute atomic E-state index is 0.0635. The van der Waals surface area contributed by atoms with Gasteiger partial charge >= 0.3 is 0 Å². The van der Waals surface area contributed by atoms with Crippen LogP contribution in [0.2, 0.25) is 5.02 Å². The molecule has 0 amide bonds. The van der Waals surface area contributed by atoms with E-state index in [2.05, 4.69) is 31.1 Å². The van der Waals surface area contributed by atoms with Crippen molar-refractivity contribution in [2.24, 2.45) is 0 Å². The molecule has 0 aliphatic heterocycles. The number of thiazole rings is 1. The van der Waals surface area contributed by atoms with Crippen molar-refractivity contribution in [2.45, 2.75) is 32.8 Å². The van der Waals surface area contributed by atoms with E-state index < -0.39 is 0 Å². The average molecular weight is 297 g/mol. The van der Waals surface area contributed by atoms with Crippen LogP contribution in [0.1, 0.15) is 31.5 Å². The van der Waals surface area contributed by atoms with E-state index in [0.29, 0.717) is 23.1 Å². The lowest BCUT2D eigenvalue weighted by atomic mass is 9.93. The Morgan fingerprint density at radius 1 is 1.37 bits per heavy atom. The van der Waals surface area contributed by atoms with Crippen LogP contribution in [0, 0.1) is 0 Å². The Morgan fingerprint density at radius 3 is 2.68 bits per heavy atom. The van der Waals surface area contributed by atoms with E-state index >= 15 is 0 Å². The maximum absolute atomic E-state index is 5.84. The van der Waals surface area contributed by atoms with Gasteiger partial charge in [-0.2, -0.15) is 0 Å². The van der Waals surface area contributed by atoms with Crippen LogP contribution in [0.5, 0.6) is 5.75 Å². The highest BCUT2D eigenvalue weighted by Crippen LogP contribution is 2.27. The summed E-state index contributed by atoms with van der Waals surface area (Å²) in [5, 5.41) is 3.62. The fourth-order valence-electron chi connectivity index (χ4n) is 1.51. The zero-order valence-corrected chi connectivity index (χ0v) is 12.8. The van der Waals surface area contributed by atoms with E-state index in [9.17, 15) is 0 Å². The van der Waals surface area contributed by atoms with Gasteiger partial charge in [-0.25, -0.2) is 4.98 Å².